The highest BCUT2D eigenvalue weighted by atomic mass is 16.5. The van der Waals surface area contributed by atoms with Gasteiger partial charge in [-0.1, -0.05) is 6.07 Å². The number of nitrogens with one attached hydrogen (secondary N) is 1. The monoisotopic (exact) mass is 342 g/mol. The van der Waals surface area contributed by atoms with Gasteiger partial charge in [0.1, 0.15) is 5.75 Å². The van der Waals surface area contributed by atoms with Crippen LogP contribution in [0.25, 0.3) is 0 Å². The van der Waals surface area contributed by atoms with E-state index in [9.17, 15) is 4.79 Å². The van der Waals surface area contributed by atoms with Crippen LogP contribution in [0.3, 0.4) is 0 Å². The fourth-order valence-corrected chi connectivity index (χ4v) is 2.11. The van der Waals surface area contributed by atoms with E-state index in [-0.39, 0.29) is 12.0 Å². The van der Waals surface area contributed by atoms with Crippen LogP contribution >= 0.6 is 0 Å². The van der Waals surface area contributed by atoms with Crippen molar-refractivity contribution in [3.63, 3.8) is 0 Å². The van der Waals surface area contributed by atoms with Gasteiger partial charge in [-0.15, -0.1) is 0 Å². The second kappa shape index (κ2) is 8.73. The first-order valence-corrected chi connectivity index (χ1v) is 7.85. The lowest BCUT2D eigenvalue weighted by Crippen LogP contribution is -2.17. The molecule has 132 valence electrons. The molecule has 0 fully saturated rings. The lowest BCUT2D eigenvalue weighted by molar-refractivity contribution is 0.0955. The van der Waals surface area contributed by atoms with Gasteiger partial charge in [0.15, 0.2) is 11.5 Å². The maximum Gasteiger partial charge on any atom is 0.271 e. The van der Waals surface area contributed by atoms with Crippen molar-refractivity contribution in [1.29, 1.82) is 0 Å². The number of amides is 1. The fraction of sp³-hybridized carbons (Fsp3) is 0.263. The van der Waals surface area contributed by atoms with Gasteiger partial charge in [-0.05, 0) is 55.8 Å². The third kappa shape index (κ3) is 5.24. The molecule has 25 heavy (non-hydrogen) atoms. The van der Waals surface area contributed by atoms with Gasteiger partial charge in [0, 0.05) is 5.56 Å². The number of hydrogen-bond donors (Lipinski definition) is 1. The molecule has 2 rings (SSSR count). The van der Waals surface area contributed by atoms with E-state index in [4.69, 9.17) is 14.2 Å². The molecule has 0 aromatic heterocycles. The average molecular weight is 342 g/mol. The van der Waals surface area contributed by atoms with Crippen LogP contribution in [0.2, 0.25) is 0 Å². The Bertz CT molecular complexity index is 757. The first kappa shape index (κ1) is 18.3. The van der Waals surface area contributed by atoms with Crippen LogP contribution in [0, 0.1) is 0 Å². The molecule has 0 heterocycles. The van der Waals surface area contributed by atoms with E-state index in [1.807, 2.05) is 19.9 Å². The Hall–Kier alpha value is -3.02. The third-order valence-electron chi connectivity index (χ3n) is 3.26. The summed E-state index contributed by atoms with van der Waals surface area (Å²) >= 11 is 0. The number of ether oxygens (including phenoxy) is 3. The lowest BCUT2D eigenvalue weighted by Gasteiger charge is -2.13. The Morgan fingerprint density at radius 2 is 1.88 bits per heavy atom. The fourth-order valence-electron chi connectivity index (χ4n) is 2.11. The highest BCUT2D eigenvalue weighted by Crippen LogP contribution is 2.28. The molecule has 0 radical (unpaired) electrons. The molecule has 0 spiro atoms. The average Bonchev–Trinajstić information content (AvgIpc) is 2.61. The molecule has 1 N–H and O–H groups in total. The molecule has 0 aliphatic carbocycles. The molecule has 0 aliphatic rings. The van der Waals surface area contributed by atoms with Crippen molar-refractivity contribution in [1.82, 2.24) is 5.43 Å². The summed E-state index contributed by atoms with van der Waals surface area (Å²) in [7, 11) is 3.14. The van der Waals surface area contributed by atoms with Crippen LogP contribution in [-0.4, -0.2) is 32.4 Å². The minimum atomic E-state index is -0.317. The van der Waals surface area contributed by atoms with Crippen LogP contribution in [0.4, 0.5) is 0 Å². The van der Waals surface area contributed by atoms with Crippen LogP contribution in [0.15, 0.2) is 47.6 Å². The Kier molecular flexibility index (Phi) is 6.39. The van der Waals surface area contributed by atoms with Crippen molar-refractivity contribution in [2.45, 2.75) is 20.0 Å². The SMILES string of the molecule is COc1cccc(C(=O)N/N=C/c2ccc(OC)c(OC(C)C)c2)c1. The number of carbonyl (C=O) groups excluding carboxylic acids is 1. The molecule has 6 heteroatoms. The second-order valence-electron chi connectivity index (χ2n) is 5.51. The minimum absolute atomic E-state index is 0.0221. The molecule has 0 bridgehead atoms. The minimum Gasteiger partial charge on any atom is -0.497 e. The molecular weight excluding hydrogens is 320 g/mol. The number of benzene rings is 2. The molecule has 1 amide bonds. The summed E-state index contributed by atoms with van der Waals surface area (Å²) < 4.78 is 16.1. The standard InChI is InChI=1S/C19H22N2O4/c1-13(2)25-18-10-14(8-9-17(18)24-4)12-20-21-19(22)15-6-5-7-16(11-15)23-3/h5-13H,1-4H3,(H,21,22)/b20-12+. The molecule has 0 aliphatic heterocycles. The van der Waals surface area contributed by atoms with Crippen LogP contribution in [-0.2, 0) is 0 Å². The summed E-state index contributed by atoms with van der Waals surface area (Å²) in [6.07, 6.45) is 1.57. The van der Waals surface area contributed by atoms with E-state index in [0.717, 1.165) is 5.56 Å². The van der Waals surface area contributed by atoms with Gasteiger partial charge in [0.2, 0.25) is 0 Å². The molecule has 0 saturated carbocycles. The maximum atomic E-state index is 12.1. The number of carbonyl (C=O) groups is 1. The van der Waals surface area contributed by atoms with Gasteiger partial charge in [0.25, 0.3) is 5.91 Å². The van der Waals surface area contributed by atoms with Crippen molar-refractivity contribution in [3.8, 4) is 17.2 Å². The quantitative estimate of drug-likeness (QED) is 0.619. The van der Waals surface area contributed by atoms with E-state index in [0.29, 0.717) is 22.8 Å². The number of methoxy groups -OCH3 is 2. The van der Waals surface area contributed by atoms with E-state index < -0.39 is 0 Å². The second-order valence-corrected chi connectivity index (χ2v) is 5.51. The van der Waals surface area contributed by atoms with E-state index in [2.05, 4.69) is 10.5 Å². The highest BCUT2D eigenvalue weighted by molar-refractivity contribution is 5.95. The summed E-state index contributed by atoms with van der Waals surface area (Å²) in [5.41, 5.74) is 3.74. The highest BCUT2D eigenvalue weighted by Gasteiger charge is 2.08. The zero-order valence-corrected chi connectivity index (χ0v) is 14.8. The number of hydrogen-bond acceptors (Lipinski definition) is 5. The predicted molar refractivity (Wildman–Crippen MR) is 96.8 cm³/mol. The molecular formula is C19H22N2O4. The van der Waals surface area contributed by atoms with Crippen LogP contribution in [0.1, 0.15) is 29.8 Å². The Labute approximate surface area is 147 Å². The topological polar surface area (TPSA) is 69.2 Å². The van der Waals surface area contributed by atoms with E-state index in [1.165, 1.54) is 0 Å². The van der Waals surface area contributed by atoms with Gasteiger partial charge < -0.3 is 14.2 Å². The van der Waals surface area contributed by atoms with Crippen LogP contribution in [0.5, 0.6) is 17.2 Å². The number of hydrazone groups is 1. The van der Waals surface area contributed by atoms with E-state index >= 15 is 0 Å². The lowest BCUT2D eigenvalue weighted by atomic mass is 10.2. The van der Waals surface area contributed by atoms with Crippen molar-refractivity contribution in [2.24, 2.45) is 5.10 Å². The summed E-state index contributed by atoms with van der Waals surface area (Å²) in [4.78, 5) is 12.1. The Balaban J connectivity index is 2.07. The van der Waals surface area contributed by atoms with E-state index in [1.54, 1.807) is 56.8 Å². The Morgan fingerprint density at radius 1 is 1.08 bits per heavy atom. The first-order valence-electron chi connectivity index (χ1n) is 7.85. The van der Waals surface area contributed by atoms with Gasteiger partial charge in [-0.25, -0.2) is 5.43 Å². The summed E-state index contributed by atoms with van der Waals surface area (Å²) in [5, 5.41) is 3.99. The molecule has 2 aromatic rings. The summed E-state index contributed by atoms with van der Waals surface area (Å²) in [6, 6.07) is 12.3. The zero-order chi connectivity index (χ0) is 18.2. The number of rotatable bonds is 7. The third-order valence-corrected chi connectivity index (χ3v) is 3.26. The predicted octanol–water partition coefficient (Wildman–Crippen LogP) is 3.25. The molecule has 0 atom stereocenters. The van der Waals surface area contributed by atoms with Crippen molar-refractivity contribution < 1.29 is 19.0 Å². The van der Waals surface area contributed by atoms with Gasteiger partial charge >= 0.3 is 0 Å². The van der Waals surface area contributed by atoms with Gasteiger partial charge in [0.05, 0.1) is 26.5 Å². The summed E-state index contributed by atoms with van der Waals surface area (Å²) in [6.45, 7) is 3.88. The molecule has 2 aromatic carbocycles. The molecule has 0 unspecified atom stereocenters. The van der Waals surface area contributed by atoms with Crippen LogP contribution < -0.4 is 19.6 Å². The van der Waals surface area contributed by atoms with Gasteiger partial charge in [-0.2, -0.15) is 5.10 Å². The normalized spacial score (nSPS) is 10.8. The number of nitrogens with zero attached hydrogens (tertiary/aromatic N) is 1. The molecule has 0 saturated heterocycles. The largest absolute Gasteiger partial charge is 0.497 e. The van der Waals surface area contributed by atoms with Crippen molar-refractivity contribution in [2.75, 3.05) is 14.2 Å². The Morgan fingerprint density at radius 3 is 2.56 bits per heavy atom. The summed E-state index contributed by atoms with van der Waals surface area (Å²) in [5.74, 6) is 1.57. The first-order chi connectivity index (χ1) is 12.0. The molecule has 6 nitrogen and oxygen atoms in total. The van der Waals surface area contributed by atoms with Crippen molar-refractivity contribution in [3.05, 3.63) is 53.6 Å². The zero-order valence-electron chi connectivity index (χ0n) is 14.8. The smallest absolute Gasteiger partial charge is 0.271 e. The van der Waals surface area contributed by atoms with Gasteiger partial charge in [-0.3, -0.25) is 4.79 Å². The van der Waals surface area contributed by atoms with Crippen molar-refractivity contribution >= 4 is 12.1 Å². The maximum absolute atomic E-state index is 12.1.